The van der Waals surface area contributed by atoms with E-state index in [4.69, 9.17) is 4.52 Å². The molecule has 0 radical (unpaired) electrons. The zero-order valence-electron chi connectivity index (χ0n) is 8.62. The van der Waals surface area contributed by atoms with Crippen molar-refractivity contribution in [2.75, 3.05) is 13.3 Å². The van der Waals surface area contributed by atoms with Crippen LogP contribution >= 0.6 is 8.30 Å². The molecular formula is C10H20NOP. The summed E-state index contributed by atoms with van der Waals surface area (Å²) < 4.78 is 5.76. The lowest BCUT2D eigenvalue weighted by Crippen LogP contribution is -2.37. The molecule has 0 aromatic heterocycles. The zero-order valence-corrected chi connectivity index (χ0v) is 9.52. The zero-order chi connectivity index (χ0) is 9.26. The summed E-state index contributed by atoms with van der Waals surface area (Å²) in [6.45, 7) is 5.51. The van der Waals surface area contributed by atoms with Crippen LogP contribution in [0.15, 0.2) is 0 Å². The molecule has 2 aliphatic rings. The van der Waals surface area contributed by atoms with Crippen molar-refractivity contribution >= 4 is 8.30 Å². The second-order valence-corrected chi connectivity index (χ2v) is 5.97. The highest BCUT2D eigenvalue weighted by molar-refractivity contribution is 7.49. The fourth-order valence-corrected chi connectivity index (χ4v) is 3.95. The minimum Gasteiger partial charge on any atom is -0.344 e. The summed E-state index contributed by atoms with van der Waals surface area (Å²) in [6, 6.07) is 0.752. The van der Waals surface area contributed by atoms with E-state index < -0.39 is 0 Å². The van der Waals surface area contributed by atoms with Crippen LogP contribution in [0, 0.1) is 11.8 Å². The van der Waals surface area contributed by atoms with Gasteiger partial charge in [-0.2, -0.15) is 0 Å². The fraction of sp³-hybridized carbons (Fsp3) is 1.00. The van der Waals surface area contributed by atoms with Crippen LogP contribution in [-0.2, 0) is 4.52 Å². The standard InChI is InChI=1S/C10H20NOP/c1-8-7-12-13(2)11-10-6-4-3-5-9(8)10/h8-11H,3-7H2,1-2H3/t8-,9?,10?,13?/m1/s1. The van der Waals surface area contributed by atoms with Gasteiger partial charge in [0.05, 0.1) is 14.9 Å². The highest BCUT2D eigenvalue weighted by Gasteiger charge is 2.33. The molecule has 1 saturated carbocycles. The third kappa shape index (κ3) is 2.23. The summed E-state index contributed by atoms with van der Waals surface area (Å²) in [5, 5.41) is 3.65. The maximum atomic E-state index is 5.76. The first-order valence-corrected chi connectivity index (χ1v) is 7.11. The van der Waals surface area contributed by atoms with Crippen LogP contribution in [0.5, 0.6) is 0 Å². The maximum absolute atomic E-state index is 5.76. The third-order valence-corrected chi connectivity index (χ3v) is 4.66. The van der Waals surface area contributed by atoms with Gasteiger partial charge in [0.1, 0.15) is 0 Å². The predicted octanol–water partition coefficient (Wildman–Crippen LogP) is 2.74. The van der Waals surface area contributed by atoms with E-state index in [0.29, 0.717) is 0 Å². The molecule has 0 spiro atoms. The van der Waals surface area contributed by atoms with Crippen LogP contribution in [0.1, 0.15) is 32.6 Å². The van der Waals surface area contributed by atoms with Gasteiger partial charge in [0.15, 0.2) is 0 Å². The Kier molecular flexibility index (Phi) is 3.23. The summed E-state index contributed by atoms with van der Waals surface area (Å²) in [7, 11) is -0.338. The monoisotopic (exact) mass is 201 g/mol. The quantitative estimate of drug-likeness (QED) is 0.608. The number of hydrogen-bond acceptors (Lipinski definition) is 2. The first kappa shape index (κ1) is 9.89. The topological polar surface area (TPSA) is 21.3 Å². The van der Waals surface area contributed by atoms with Crippen LogP contribution in [-0.4, -0.2) is 19.3 Å². The molecule has 1 aliphatic carbocycles. The Hall–Kier alpha value is 0.350. The molecule has 2 fully saturated rings. The molecule has 1 N–H and O–H groups in total. The van der Waals surface area contributed by atoms with Gasteiger partial charge in [0, 0.05) is 6.04 Å². The molecule has 0 amide bonds. The highest BCUT2D eigenvalue weighted by Crippen LogP contribution is 2.40. The molecule has 3 heteroatoms. The van der Waals surface area contributed by atoms with Gasteiger partial charge in [-0.1, -0.05) is 19.8 Å². The van der Waals surface area contributed by atoms with Crippen molar-refractivity contribution in [3.05, 3.63) is 0 Å². The lowest BCUT2D eigenvalue weighted by atomic mass is 9.78. The SMILES string of the molecule is C[C@@H]1COP(C)NC2CCCCC21. The van der Waals surface area contributed by atoms with E-state index in [1.54, 1.807) is 0 Å². The number of nitrogens with one attached hydrogen (secondary N) is 1. The largest absolute Gasteiger partial charge is 0.344 e. The number of rotatable bonds is 0. The predicted molar refractivity (Wildman–Crippen MR) is 56.8 cm³/mol. The van der Waals surface area contributed by atoms with Crippen LogP contribution in [0.2, 0.25) is 0 Å². The third-order valence-electron chi connectivity index (χ3n) is 3.43. The van der Waals surface area contributed by atoms with Gasteiger partial charge >= 0.3 is 0 Å². The number of fused-ring (bicyclic) bond motifs is 1. The molecule has 0 bridgehead atoms. The van der Waals surface area contributed by atoms with E-state index in [2.05, 4.69) is 18.7 Å². The Morgan fingerprint density at radius 3 is 2.92 bits per heavy atom. The second kappa shape index (κ2) is 4.25. The summed E-state index contributed by atoms with van der Waals surface area (Å²) in [6.07, 6.45) is 5.61. The summed E-state index contributed by atoms with van der Waals surface area (Å²) in [5.41, 5.74) is 0. The molecule has 1 aliphatic heterocycles. The van der Waals surface area contributed by atoms with Gasteiger partial charge in [-0.25, -0.2) is 0 Å². The van der Waals surface area contributed by atoms with E-state index in [-0.39, 0.29) is 8.30 Å². The van der Waals surface area contributed by atoms with Crippen molar-refractivity contribution in [3.63, 3.8) is 0 Å². The van der Waals surface area contributed by atoms with Gasteiger partial charge in [-0.15, -0.1) is 0 Å². The molecule has 2 rings (SSSR count). The van der Waals surface area contributed by atoms with Crippen LogP contribution in [0.3, 0.4) is 0 Å². The first-order valence-electron chi connectivity index (χ1n) is 5.40. The van der Waals surface area contributed by atoms with Crippen molar-refractivity contribution in [2.45, 2.75) is 38.6 Å². The molecule has 1 saturated heterocycles. The van der Waals surface area contributed by atoms with Gasteiger partial charge in [0.2, 0.25) is 0 Å². The molecule has 13 heavy (non-hydrogen) atoms. The van der Waals surface area contributed by atoms with Crippen LogP contribution in [0.4, 0.5) is 0 Å². The van der Waals surface area contributed by atoms with E-state index in [1.165, 1.54) is 25.7 Å². The first-order chi connectivity index (χ1) is 6.27. The lowest BCUT2D eigenvalue weighted by molar-refractivity contribution is 0.183. The Bertz CT molecular complexity index is 176. The lowest BCUT2D eigenvalue weighted by Gasteiger charge is -2.33. The Morgan fingerprint density at radius 1 is 1.31 bits per heavy atom. The molecule has 1 heterocycles. The van der Waals surface area contributed by atoms with Gasteiger partial charge in [-0.3, -0.25) is 5.09 Å². The minimum atomic E-state index is -0.338. The Morgan fingerprint density at radius 2 is 2.08 bits per heavy atom. The Labute approximate surface area is 82.3 Å². The van der Waals surface area contributed by atoms with Gasteiger partial charge < -0.3 is 4.52 Å². The van der Waals surface area contributed by atoms with Crippen molar-refractivity contribution in [1.82, 2.24) is 5.09 Å². The summed E-state index contributed by atoms with van der Waals surface area (Å²) in [5.74, 6) is 1.63. The van der Waals surface area contributed by atoms with Crippen molar-refractivity contribution in [2.24, 2.45) is 11.8 Å². The highest BCUT2D eigenvalue weighted by atomic mass is 31.2. The average molecular weight is 201 g/mol. The molecular weight excluding hydrogens is 181 g/mol. The molecule has 0 aromatic rings. The van der Waals surface area contributed by atoms with E-state index >= 15 is 0 Å². The van der Waals surface area contributed by atoms with Crippen LogP contribution in [0.25, 0.3) is 0 Å². The minimum absolute atomic E-state index is 0.338. The maximum Gasteiger partial charge on any atom is 0.0981 e. The summed E-state index contributed by atoms with van der Waals surface area (Å²) in [4.78, 5) is 0. The van der Waals surface area contributed by atoms with Crippen molar-refractivity contribution in [3.8, 4) is 0 Å². The van der Waals surface area contributed by atoms with Crippen LogP contribution < -0.4 is 5.09 Å². The second-order valence-electron chi connectivity index (χ2n) is 4.45. The summed E-state index contributed by atoms with van der Waals surface area (Å²) >= 11 is 0. The fourth-order valence-electron chi connectivity index (χ4n) is 2.62. The van der Waals surface area contributed by atoms with Gasteiger partial charge in [-0.05, 0) is 31.3 Å². The molecule has 76 valence electrons. The smallest absolute Gasteiger partial charge is 0.0981 e. The van der Waals surface area contributed by atoms with E-state index in [1.807, 2.05) is 0 Å². The molecule has 3 unspecified atom stereocenters. The van der Waals surface area contributed by atoms with E-state index in [9.17, 15) is 0 Å². The van der Waals surface area contributed by atoms with Crippen molar-refractivity contribution < 1.29 is 4.52 Å². The molecule has 0 aromatic carbocycles. The average Bonchev–Trinajstić information content (AvgIpc) is 2.27. The molecule has 2 nitrogen and oxygen atoms in total. The molecule has 4 atom stereocenters. The van der Waals surface area contributed by atoms with Gasteiger partial charge in [0.25, 0.3) is 0 Å². The normalized spacial score (nSPS) is 46.6. The Balaban J connectivity index is 2.04. The van der Waals surface area contributed by atoms with Crippen molar-refractivity contribution in [1.29, 1.82) is 0 Å². The van der Waals surface area contributed by atoms with E-state index in [0.717, 1.165) is 24.5 Å². The number of hydrogen-bond donors (Lipinski definition) is 1.